The Morgan fingerprint density at radius 2 is 0.797 bits per heavy atom. The third kappa shape index (κ3) is 36.4. The van der Waals surface area contributed by atoms with E-state index in [9.17, 15) is 19.2 Å². The normalized spacial score (nSPS) is 11.5. The van der Waals surface area contributed by atoms with E-state index in [4.69, 9.17) is 9.47 Å². The monoisotopic (exact) mass is 835 g/mol. The van der Waals surface area contributed by atoms with Crippen LogP contribution in [0, 0.1) is 11.8 Å². The first-order valence-corrected chi connectivity index (χ1v) is 25.6. The molecule has 8 nitrogen and oxygen atoms in total. The number of amides is 1. The molecular weight excluding hydrogens is 737 g/mol. The zero-order chi connectivity index (χ0) is 43.6. The SMILES string of the molecule is CCCCCC(CCCCC)CCCOC(=O)CCCCCCCN(CCCCCCCC(=O)OC(=O)CCC(CCCCC)CCCCC)C(=O)CCN(CC)CC. The van der Waals surface area contributed by atoms with Crippen molar-refractivity contribution in [1.29, 1.82) is 0 Å². The van der Waals surface area contributed by atoms with Crippen LogP contribution < -0.4 is 0 Å². The van der Waals surface area contributed by atoms with Crippen molar-refractivity contribution < 1.29 is 28.7 Å². The second-order valence-corrected chi connectivity index (χ2v) is 17.7. The van der Waals surface area contributed by atoms with Crippen molar-refractivity contribution in [2.45, 2.75) is 253 Å². The first-order chi connectivity index (χ1) is 28.7. The van der Waals surface area contributed by atoms with E-state index in [0.717, 1.165) is 116 Å². The maximum absolute atomic E-state index is 13.3. The molecule has 0 saturated carbocycles. The second kappa shape index (κ2) is 42.7. The van der Waals surface area contributed by atoms with Gasteiger partial charge in [-0.2, -0.15) is 0 Å². The number of hydrogen-bond donors (Lipinski definition) is 0. The Labute approximate surface area is 365 Å². The summed E-state index contributed by atoms with van der Waals surface area (Å²) in [5, 5.41) is 0. The molecular formula is C51H98N2O6. The molecule has 0 radical (unpaired) electrons. The summed E-state index contributed by atoms with van der Waals surface area (Å²) in [6, 6.07) is 0. The summed E-state index contributed by atoms with van der Waals surface area (Å²) in [5.41, 5.74) is 0. The Morgan fingerprint density at radius 3 is 1.27 bits per heavy atom. The van der Waals surface area contributed by atoms with Crippen LogP contribution in [0.5, 0.6) is 0 Å². The number of rotatable bonds is 44. The van der Waals surface area contributed by atoms with E-state index in [1.165, 1.54) is 109 Å². The lowest BCUT2D eigenvalue weighted by atomic mass is 9.91. The predicted molar refractivity (Wildman–Crippen MR) is 248 cm³/mol. The van der Waals surface area contributed by atoms with E-state index in [0.29, 0.717) is 31.8 Å². The Hall–Kier alpha value is -1.96. The summed E-state index contributed by atoms with van der Waals surface area (Å²) >= 11 is 0. The van der Waals surface area contributed by atoms with Gasteiger partial charge in [0.25, 0.3) is 0 Å². The van der Waals surface area contributed by atoms with Gasteiger partial charge in [-0.3, -0.25) is 19.2 Å². The van der Waals surface area contributed by atoms with Crippen LogP contribution in [0.2, 0.25) is 0 Å². The first-order valence-electron chi connectivity index (χ1n) is 25.6. The molecule has 0 rings (SSSR count). The average Bonchev–Trinajstić information content (AvgIpc) is 3.22. The van der Waals surface area contributed by atoms with Crippen LogP contribution in [0.1, 0.15) is 253 Å². The molecule has 0 saturated heterocycles. The lowest BCUT2D eigenvalue weighted by molar-refractivity contribution is -0.160. The van der Waals surface area contributed by atoms with E-state index >= 15 is 0 Å². The second-order valence-electron chi connectivity index (χ2n) is 17.7. The molecule has 0 unspecified atom stereocenters. The van der Waals surface area contributed by atoms with Crippen LogP contribution in [0.15, 0.2) is 0 Å². The highest BCUT2D eigenvalue weighted by atomic mass is 16.6. The summed E-state index contributed by atoms with van der Waals surface area (Å²) < 4.78 is 10.8. The van der Waals surface area contributed by atoms with E-state index in [1.807, 2.05) is 0 Å². The molecule has 0 aliphatic heterocycles. The van der Waals surface area contributed by atoms with Crippen molar-refractivity contribution in [3.05, 3.63) is 0 Å². The van der Waals surface area contributed by atoms with Crippen molar-refractivity contribution in [3.63, 3.8) is 0 Å². The Kier molecular flexibility index (Phi) is 41.3. The van der Waals surface area contributed by atoms with Crippen LogP contribution in [-0.4, -0.2) is 72.9 Å². The van der Waals surface area contributed by atoms with Gasteiger partial charge in [-0.1, -0.05) is 183 Å². The minimum Gasteiger partial charge on any atom is -0.466 e. The number of ether oxygens (including phenoxy) is 2. The Morgan fingerprint density at radius 1 is 0.390 bits per heavy atom. The zero-order valence-corrected chi connectivity index (χ0v) is 40.1. The van der Waals surface area contributed by atoms with Gasteiger partial charge in [0.05, 0.1) is 6.61 Å². The molecule has 59 heavy (non-hydrogen) atoms. The number of unbranched alkanes of at least 4 members (excludes halogenated alkanes) is 16. The van der Waals surface area contributed by atoms with Crippen molar-refractivity contribution in [3.8, 4) is 0 Å². The largest absolute Gasteiger partial charge is 0.466 e. The highest BCUT2D eigenvalue weighted by Crippen LogP contribution is 2.24. The van der Waals surface area contributed by atoms with Crippen LogP contribution in [0.3, 0.4) is 0 Å². The van der Waals surface area contributed by atoms with E-state index in [2.05, 4.69) is 51.3 Å². The fraction of sp³-hybridized carbons (Fsp3) is 0.922. The molecule has 0 N–H and O–H groups in total. The molecule has 0 aliphatic rings. The number of nitrogens with zero attached hydrogens (tertiary/aromatic N) is 2. The average molecular weight is 835 g/mol. The third-order valence-electron chi connectivity index (χ3n) is 12.4. The highest BCUT2D eigenvalue weighted by Gasteiger charge is 2.17. The van der Waals surface area contributed by atoms with E-state index in [1.54, 1.807) is 0 Å². The number of hydrogen-bond acceptors (Lipinski definition) is 7. The maximum Gasteiger partial charge on any atom is 0.313 e. The Bertz CT molecular complexity index is 965. The van der Waals surface area contributed by atoms with Gasteiger partial charge >= 0.3 is 17.9 Å². The highest BCUT2D eigenvalue weighted by molar-refractivity contribution is 5.85. The molecule has 0 fully saturated rings. The number of carbonyl (C=O) groups is 4. The summed E-state index contributed by atoms with van der Waals surface area (Å²) in [7, 11) is 0. The minimum absolute atomic E-state index is 0.0524. The lowest BCUT2D eigenvalue weighted by Gasteiger charge is -2.25. The fourth-order valence-electron chi connectivity index (χ4n) is 8.30. The smallest absolute Gasteiger partial charge is 0.313 e. The molecule has 348 valence electrons. The molecule has 0 spiro atoms. The van der Waals surface area contributed by atoms with Gasteiger partial charge in [-0.15, -0.1) is 0 Å². The molecule has 0 aromatic carbocycles. The quantitative estimate of drug-likeness (QED) is 0.0343. The third-order valence-corrected chi connectivity index (χ3v) is 12.4. The summed E-state index contributed by atoms with van der Waals surface area (Å²) in [5.74, 6) is 0.768. The van der Waals surface area contributed by atoms with Gasteiger partial charge in [0.1, 0.15) is 0 Å². The fourth-order valence-corrected chi connectivity index (χ4v) is 8.30. The van der Waals surface area contributed by atoms with Crippen LogP contribution in [0.25, 0.3) is 0 Å². The van der Waals surface area contributed by atoms with Crippen molar-refractivity contribution in [1.82, 2.24) is 9.80 Å². The zero-order valence-electron chi connectivity index (χ0n) is 40.1. The topological polar surface area (TPSA) is 93.2 Å². The first kappa shape index (κ1) is 57.0. The van der Waals surface area contributed by atoms with Crippen LogP contribution >= 0.6 is 0 Å². The number of esters is 3. The van der Waals surface area contributed by atoms with Gasteiger partial charge in [0, 0.05) is 45.3 Å². The van der Waals surface area contributed by atoms with Gasteiger partial charge < -0.3 is 19.3 Å². The Balaban J connectivity index is 4.41. The van der Waals surface area contributed by atoms with Crippen LogP contribution in [0.4, 0.5) is 0 Å². The standard InChI is InChI=1S/C51H98N2O6/c1-7-13-23-32-46(33-24-14-8-2)36-31-45-58-49(55)37-27-19-17-21-29-42-53(48(54)41-44-52(11-5)12-6)43-30-22-18-20-28-38-50(56)59-51(57)40-39-47(34-25-15-9-3)35-26-16-10-4/h46-47H,7-45H2,1-6H3. The van der Waals surface area contributed by atoms with Gasteiger partial charge in [-0.25, -0.2) is 0 Å². The molecule has 0 aromatic heterocycles. The summed E-state index contributed by atoms with van der Waals surface area (Å²) in [6.07, 6.45) is 34.4. The molecule has 0 bridgehead atoms. The molecule has 0 aliphatic carbocycles. The molecule has 0 aromatic rings. The van der Waals surface area contributed by atoms with Gasteiger partial charge in [-0.05, 0) is 69.9 Å². The lowest BCUT2D eigenvalue weighted by Crippen LogP contribution is -2.36. The molecule has 0 heterocycles. The van der Waals surface area contributed by atoms with Crippen molar-refractivity contribution in [2.75, 3.05) is 39.3 Å². The van der Waals surface area contributed by atoms with Gasteiger partial charge in [0.2, 0.25) is 5.91 Å². The summed E-state index contributed by atoms with van der Waals surface area (Å²) in [6.45, 7) is 18.1. The molecule has 8 heteroatoms. The van der Waals surface area contributed by atoms with E-state index < -0.39 is 5.97 Å². The van der Waals surface area contributed by atoms with Crippen molar-refractivity contribution >= 4 is 23.8 Å². The van der Waals surface area contributed by atoms with Crippen LogP contribution in [-0.2, 0) is 28.7 Å². The summed E-state index contributed by atoms with van der Waals surface area (Å²) in [4.78, 5) is 54.8. The van der Waals surface area contributed by atoms with Gasteiger partial charge in [0.15, 0.2) is 0 Å². The molecule has 0 atom stereocenters. The van der Waals surface area contributed by atoms with E-state index in [-0.39, 0.29) is 24.3 Å². The number of carbonyl (C=O) groups excluding carboxylic acids is 4. The molecule has 1 amide bonds. The van der Waals surface area contributed by atoms with Crippen molar-refractivity contribution in [2.24, 2.45) is 11.8 Å². The predicted octanol–water partition coefficient (Wildman–Crippen LogP) is 14.0. The minimum atomic E-state index is -0.390. The maximum atomic E-state index is 13.3.